The molecule has 0 bridgehead atoms. The van der Waals surface area contributed by atoms with Crippen LogP contribution in [-0.4, -0.2) is 23.7 Å². The first kappa shape index (κ1) is 14.8. The van der Waals surface area contributed by atoms with E-state index in [2.05, 4.69) is 9.72 Å². The van der Waals surface area contributed by atoms with Gasteiger partial charge in [0.15, 0.2) is 0 Å². The molecule has 6 heteroatoms. The Balaban J connectivity index is 0.00000225. The number of aromatic nitrogens is 1. The summed E-state index contributed by atoms with van der Waals surface area (Å²) in [5.74, 6) is -0.948. The minimum Gasteiger partial charge on any atom is -0.464 e. The van der Waals surface area contributed by atoms with Gasteiger partial charge in [-0.1, -0.05) is 6.07 Å². The van der Waals surface area contributed by atoms with Crippen LogP contribution in [0.2, 0.25) is 0 Å². The number of halogens is 2. The molecule has 16 heavy (non-hydrogen) atoms. The Bertz CT molecular complexity index is 324. The molecule has 2 atom stereocenters. The lowest BCUT2D eigenvalue weighted by Gasteiger charge is -2.14. The van der Waals surface area contributed by atoms with Gasteiger partial charge in [0.25, 0.3) is 0 Å². The van der Waals surface area contributed by atoms with Gasteiger partial charge in [0.05, 0.1) is 18.3 Å². The van der Waals surface area contributed by atoms with E-state index < -0.39 is 18.2 Å². The molecule has 1 unspecified atom stereocenters. The lowest BCUT2D eigenvalue weighted by atomic mass is 10.1. The number of ether oxygens (including phenoxy) is 1. The van der Waals surface area contributed by atoms with Crippen molar-refractivity contribution >= 4 is 18.4 Å². The van der Waals surface area contributed by atoms with Crippen LogP contribution in [0, 0.1) is 0 Å². The van der Waals surface area contributed by atoms with Crippen LogP contribution in [-0.2, 0) is 9.53 Å². The minimum absolute atomic E-state index is 0. The van der Waals surface area contributed by atoms with Crippen molar-refractivity contribution in [1.82, 2.24) is 4.98 Å². The maximum Gasteiger partial charge on any atom is 0.342 e. The predicted octanol–water partition coefficient (Wildman–Crippen LogP) is 1.40. The van der Waals surface area contributed by atoms with E-state index in [4.69, 9.17) is 5.73 Å². The van der Waals surface area contributed by atoms with E-state index in [0.29, 0.717) is 5.69 Å². The molecule has 0 spiro atoms. The van der Waals surface area contributed by atoms with Crippen molar-refractivity contribution in [2.75, 3.05) is 6.61 Å². The van der Waals surface area contributed by atoms with Crippen molar-refractivity contribution in [1.29, 1.82) is 0 Å². The van der Waals surface area contributed by atoms with E-state index in [9.17, 15) is 9.18 Å². The zero-order valence-corrected chi connectivity index (χ0v) is 9.61. The van der Waals surface area contributed by atoms with E-state index in [1.54, 1.807) is 25.1 Å². The van der Waals surface area contributed by atoms with E-state index >= 15 is 0 Å². The summed E-state index contributed by atoms with van der Waals surface area (Å²) in [5.41, 5.74) is 5.86. The Morgan fingerprint density at radius 1 is 1.62 bits per heavy atom. The molecule has 0 amide bonds. The molecule has 0 aliphatic rings. The number of hydrogen-bond acceptors (Lipinski definition) is 4. The number of carbonyl (C=O) groups excluding carboxylic acids is 1. The summed E-state index contributed by atoms with van der Waals surface area (Å²) in [4.78, 5) is 14.9. The molecule has 0 saturated carbocycles. The predicted molar refractivity (Wildman–Crippen MR) is 59.9 cm³/mol. The normalized spacial score (nSPS) is 13.4. The van der Waals surface area contributed by atoms with Crippen LogP contribution in [0.3, 0.4) is 0 Å². The summed E-state index contributed by atoms with van der Waals surface area (Å²) in [6, 6.07) is 3.86. The fourth-order valence-corrected chi connectivity index (χ4v) is 1.09. The highest BCUT2D eigenvalue weighted by Crippen LogP contribution is 2.15. The van der Waals surface area contributed by atoms with Crippen molar-refractivity contribution in [2.24, 2.45) is 5.73 Å². The Hall–Kier alpha value is -1.20. The standard InChI is InChI=1S/C10H13FN2O2.ClH/c1-2-15-10(14)8(11)9(12)7-5-3-4-6-13-7;/h3-6,8-9H,2,12H2,1H3;1H/t8?,9-;/m0./s1. The third kappa shape index (κ3) is 3.75. The van der Waals surface area contributed by atoms with Crippen LogP contribution in [0.25, 0.3) is 0 Å². The Labute approximate surface area is 99.4 Å². The molecule has 1 heterocycles. The first-order valence-corrected chi connectivity index (χ1v) is 4.64. The van der Waals surface area contributed by atoms with Gasteiger partial charge in [0.2, 0.25) is 6.17 Å². The fraction of sp³-hybridized carbons (Fsp3) is 0.400. The Morgan fingerprint density at radius 3 is 2.81 bits per heavy atom. The van der Waals surface area contributed by atoms with E-state index in [1.807, 2.05) is 0 Å². The number of nitrogens with zero attached hydrogens (tertiary/aromatic N) is 1. The van der Waals surface area contributed by atoms with Crippen LogP contribution in [0.4, 0.5) is 4.39 Å². The molecule has 0 saturated heterocycles. The molecule has 90 valence electrons. The largest absolute Gasteiger partial charge is 0.464 e. The van der Waals surface area contributed by atoms with E-state index in [0.717, 1.165) is 0 Å². The second-order valence-corrected chi connectivity index (χ2v) is 2.93. The van der Waals surface area contributed by atoms with Gasteiger partial charge in [0, 0.05) is 6.20 Å². The van der Waals surface area contributed by atoms with Gasteiger partial charge in [-0.3, -0.25) is 4.98 Å². The van der Waals surface area contributed by atoms with Crippen molar-refractivity contribution in [2.45, 2.75) is 19.1 Å². The molecule has 0 aromatic carbocycles. The van der Waals surface area contributed by atoms with Gasteiger partial charge in [-0.05, 0) is 19.1 Å². The summed E-state index contributed by atoms with van der Waals surface area (Å²) in [6.45, 7) is 1.74. The first-order valence-electron chi connectivity index (χ1n) is 4.64. The molecule has 0 aliphatic carbocycles. The smallest absolute Gasteiger partial charge is 0.342 e. The average molecular weight is 249 g/mol. The monoisotopic (exact) mass is 248 g/mol. The van der Waals surface area contributed by atoms with Crippen molar-refractivity contribution in [3.8, 4) is 0 Å². The van der Waals surface area contributed by atoms with Crippen LogP contribution in [0.1, 0.15) is 18.7 Å². The lowest BCUT2D eigenvalue weighted by Crippen LogP contribution is -2.32. The van der Waals surface area contributed by atoms with Gasteiger partial charge < -0.3 is 10.5 Å². The number of nitrogens with two attached hydrogens (primary N) is 1. The quantitative estimate of drug-likeness (QED) is 0.818. The van der Waals surface area contributed by atoms with Crippen LogP contribution in [0.15, 0.2) is 24.4 Å². The van der Waals surface area contributed by atoms with Crippen LogP contribution >= 0.6 is 12.4 Å². The highest BCUT2D eigenvalue weighted by atomic mass is 35.5. The molecule has 4 nitrogen and oxygen atoms in total. The molecular weight excluding hydrogens is 235 g/mol. The molecule has 0 fully saturated rings. The maximum absolute atomic E-state index is 13.4. The molecular formula is C10H14ClFN2O2. The Kier molecular flexibility index (Phi) is 6.60. The second-order valence-electron chi connectivity index (χ2n) is 2.93. The van der Waals surface area contributed by atoms with E-state index in [-0.39, 0.29) is 19.0 Å². The molecule has 1 rings (SSSR count). The minimum atomic E-state index is -1.88. The number of alkyl halides is 1. The lowest BCUT2D eigenvalue weighted by molar-refractivity contribution is -0.150. The maximum atomic E-state index is 13.4. The summed E-state index contributed by atoms with van der Waals surface area (Å²) >= 11 is 0. The highest BCUT2D eigenvalue weighted by molar-refractivity contribution is 5.85. The third-order valence-electron chi connectivity index (χ3n) is 1.86. The number of hydrogen-bond donors (Lipinski definition) is 1. The fourth-order valence-electron chi connectivity index (χ4n) is 1.09. The number of esters is 1. The zero-order valence-electron chi connectivity index (χ0n) is 8.80. The van der Waals surface area contributed by atoms with Gasteiger partial charge in [-0.25, -0.2) is 9.18 Å². The number of rotatable bonds is 4. The first-order chi connectivity index (χ1) is 7.16. The van der Waals surface area contributed by atoms with Crippen LogP contribution in [0.5, 0.6) is 0 Å². The van der Waals surface area contributed by atoms with Crippen molar-refractivity contribution in [3.63, 3.8) is 0 Å². The molecule has 2 N–H and O–H groups in total. The van der Waals surface area contributed by atoms with Gasteiger partial charge in [-0.15, -0.1) is 12.4 Å². The SMILES string of the molecule is CCOC(=O)C(F)[C@@H](N)c1ccccn1.Cl. The highest BCUT2D eigenvalue weighted by Gasteiger charge is 2.28. The van der Waals surface area contributed by atoms with Crippen molar-refractivity contribution in [3.05, 3.63) is 30.1 Å². The van der Waals surface area contributed by atoms with Crippen LogP contribution < -0.4 is 5.73 Å². The third-order valence-corrected chi connectivity index (χ3v) is 1.86. The summed E-state index contributed by atoms with van der Waals surface area (Å²) < 4.78 is 17.9. The molecule has 1 aromatic heterocycles. The van der Waals surface area contributed by atoms with Gasteiger partial charge in [0.1, 0.15) is 0 Å². The van der Waals surface area contributed by atoms with Gasteiger partial charge in [-0.2, -0.15) is 0 Å². The molecule has 0 radical (unpaired) electrons. The number of carbonyl (C=O) groups is 1. The molecule has 0 aliphatic heterocycles. The summed E-state index contributed by atoms with van der Waals surface area (Å²) in [5, 5.41) is 0. The molecule has 1 aromatic rings. The zero-order chi connectivity index (χ0) is 11.3. The number of pyridine rings is 1. The van der Waals surface area contributed by atoms with Crippen molar-refractivity contribution < 1.29 is 13.9 Å². The topological polar surface area (TPSA) is 65.2 Å². The average Bonchev–Trinajstić information content (AvgIpc) is 2.28. The summed E-state index contributed by atoms with van der Waals surface area (Å²) in [6.07, 6.45) is -0.382. The summed E-state index contributed by atoms with van der Waals surface area (Å²) in [7, 11) is 0. The van der Waals surface area contributed by atoms with Gasteiger partial charge >= 0.3 is 5.97 Å². The Morgan fingerprint density at radius 2 is 2.31 bits per heavy atom. The van der Waals surface area contributed by atoms with E-state index in [1.165, 1.54) is 6.20 Å². The second kappa shape index (κ2) is 7.14.